The van der Waals surface area contributed by atoms with E-state index in [9.17, 15) is 19.7 Å². The minimum atomic E-state index is -0.782. The van der Waals surface area contributed by atoms with E-state index in [-0.39, 0.29) is 23.2 Å². The van der Waals surface area contributed by atoms with Crippen LogP contribution >= 0.6 is 0 Å². The molecule has 0 fully saturated rings. The van der Waals surface area contributed by atoms with Gasteiger partial charge in [0.1, 0.15) is 5.69 Å². The van der Waals surface area contributed by atoms with E-state index in [0.29, 0.717) is 12.2 Å². The second-order valence-corrected chi connectivity index (χ2v) is 7.03. The summed E-state index contributed by atoms with van der Waals surface area (Å²) in [5.41, 5.74) is 1.16. The first-order valence-electron chi connectivity index (χ1n) is 9.17. The quantitative estimate of drug-likeness (QED) is 0.384. The van der Waals surface area contributed by atoms with Gasteiger partial charge in [-0.15, -0.1) is 0 Å². The summed E-state index contributed by atoms with van der Waals surface area (Å²) in [7, 11) is 3.35. The molecule has 29 heavy (non-hydrogen) atoms. The number of nitro groups is 1. The number of ether oxygens (including phenoxy) is 1. The van der Waals surface area contributed by atoms with Crippen LogP contribution in [0.1, 0.15) is 29.8 Å². The number of nitro benzene ring substituents is 1. The van der Waals surface area contributed by atoms with E-state index in [2.05, 4.69) is 0 Å². The van der Waals surface area contributed by atoms with E-state index in [1.807, 2.05) is 44.2 Å². The maximum atomic E-state index is 12.6. The van der Waals surface area contributed by atoms with Crippen molar-refractivity contribution in [3.05, 3.63) is 69.8 Å². The lowest BCUT2D eigenvalue weighted by Crippen LogP contribution is -2.39. The van der Waals surface area contributed by atoms with Gasteiger partial charge in [0.2, 0.25) is 0 Å². The van der Waals surface area contributed by atoms with Crippen molar-refractivity contribution in [1.82, 2.24) is 4.90 Å². The lowest BCUT2D eigenvalue weighted by Gasteiger charge is -2.26. The molecule has 8 heteroatoms. The van der Waals surface area contributed by atoms with Crippen LogP contribution in [-0.2, 0) is 16.1 Å². The fourth-order valence-electron chi connectivity index (χ4n) is 2.81. The van der Waals surface area contributed by atoms with Gasteiger partial charge in [-0.1, -0.05) is 30.3 Å². The molecule has 0 unspecified atom stereocenters. The molecule has 2 aromatic rings. The number of carbonyl (C=O) groups is 2. The van der Waals surface area contributed by atoms with Crippen LogP contribution in [0.4, 0.5) is 11.4 Å². The van der Waals surface area contributed by atoms with E-state index >= 15 is 0 Å². The number of hydrogen-bond acceptors (Lipinski definition) is 6. The molecule has 1 amide bonds. The maximum absolute atomic E-state index is 12.6. The highest BCUT2D eigenvalue weighted by Gasteiger charge is 2.22. The molecule has 0 spiro atoms. The van der Waals surface area contributed by atoms with Crippen molar-refractivity contribution in [3.8, 4) is 0 Å². The minimum Gasteiger partial charge on any atom is -0.452 e. The highest BCUT2D eigenvalue weighted by Crippen LogP contribution is 2.28. The number of nitrogens with zero attached hydrogens (tertiary/aromatic N) is 3. The van der Waals surface area contributed by atoms with Crippen LogP contribution in [0.3, 0.4) is 0 Å². The first-order valence-corrected chi connectivity index (χ1v) is 9.17. The van der Waals surface area contributed by atoms with Gasteiger partial charge < -0.3 is 14.5 Å². The van der Waals surface area contributed by atoms with E-state index in [4.69, 9.17) is 4.74 Å². The van der Waals surface area contributed by atoms with E-state index in [1.54, 1.807) is 23.9 Å². The van der Waals surface area contributed by atoms with Crippen LogP contribution in [0.5, 0.6) is 0 Å². The molecular weight excluding hydrogens is 374 g/mol. The number of esters is 1. The predicted octanol–water partition coefficient (Wildman–Crippen LogP) is 3.25. The van der Waals surface area contributed by atoms with E-state index in [0.717, 1.165) is 11.6 Å². The van der Waals surface area contributed by atoms with Crippen LogP contribution in [-0.4, -0.2) is 48.4 Å². The highest BCUT2D eigenvalue weighted by molar-refractivity contribution is 5.93. The van der Waals surface area contributed by atoms with Crippen molar-refractivity contribution < 1.29 is 19.2 Å². The second kappa shape index (κ2) is 9.68. The van der Waals surface area contributed by atoms with Gasteiger partial charge in [0, 0.05) is 32.7 Å². The molecule has 0 N–H and O–H groups in total. The molecule has 8 nitrogen and oxygen atoms in total. The molecule has 0 aliphatic rings. The maximum Gasteiger partial charge on any atom is 0.338 e. The average Bonchev–Trinajstić information content (AvgIpc) is 2.69. The molecule has 0 saturated heterocycles. The minimum absolute atomic E-state index is 0.0225. The molecule has 2 aromatic carbocycles. The molecule has 0 radical (unpaired) electrons. The summed E-state index contributed by atoms with van der Waals surface area (Å²) in [6.07, 6.45) is 0. The van der Waals surface area contributed by atoms with Gasteiger partial charge in [-0.25, -0.2) is 4.79 Å². The third-order valence-corrected chi connectivity index (χ3v) is 4.36. The standard InChI is InChI=1S/C21H25N3O5/c1-15(2)23(13-16-8-6-5-7-9-16)20(25)14-29-21(26)17-10-11-18(22(3)4)19(12-17)24(27)28/h5-12,15H,13-14H2,1-4H3. The zero-order valence-corrected chi connectivity index (χ0v) is 17.0. The Morgan fingerprint density at radius 1 is 1.10 bits per heavy atom. The van der Waals surface area contributed by atoms with Crippen LogP contribution in [0.2, 0.25) is 0 Å². The zero-order chi connectivity index (χ0) is 21.6. The SMILES string of the molecule is CC(C)N(Cc1ccccc1)C(=O)COC(=O)c1ccc(N(C)C)c([N+](=O)[O-])c1. The molecule has 0 aliphatic carbocycles. The van der Waals surface area contributed by atoms with Gasteiger partial charge in [-0.05, 0) is 31.5 Å². The summed E-state index contributed by atoms with van der Waals surface area (Å²) in [4.78, 5) is 38.8. The van der Waals surface area contributed by atoms with Crippen molar-refractivity contribution in [2.45, 2.75) is 26.4 Å². The summed E-state index contributed by atoms with van der Waals surface area (Å²) in [6.45, 7) is 3.73. The van der Waals surface area contributed by atoms with Crippen molar-refractivity contribution in [3.63, 3.8) is 0 Å². The lowest BCUT2D eigenvalue weighted by molar-refractivity contribution is -0.384. The van der Waals surface area contributed by atoms with Gasteiger partial charge in [0.05, 0.1) is 10.5 Å². The van der Waals surface area contributed by atoms with Crippen LogP contribution < -0.4 is 4.90 Å². The number of anilines is 1. The van der Waals surface area contributed by atoms with Crippen LogP contribution in [0.25, 0.3) is 0 Å². The summed E-state index contributed by atoms with van der Waals surface area (Å²) in [5.74, 6) is -1.12. The fraction of sp³-hybridized carbons (Fsp3) is 0.333. The first-order chi connectivity index (χ1) is 13.7. The molecule has 0 aliphatic heterocycles. The molecule has 0 atom stereocenters. The van der Waals surface area contributed by atoms with Crippen LogP contribution in [0, 0.1) is 10.1 Å². The number of benzene rings is 2. The van der Waals surface area contributed by atoms with Crippen molar-refractivity contribution >= 4 is 23.3 Å². The van der Waals surface area contributed by atoms with Gasteiger partial charge in [0.15, 0.2) is 6.61 Å². The normalized spacial score (nSPS) is 10.5. The molecule has 154 valence electrons. The Bertz CT molecular complexity index is 881. The smallest absolute Gasteiger partial charge is 0.338 e. The summed E-state index contributed by atoms with van der Waals surface area (Å²) < 4.78 is 5.13. The van der Waals surface area contributed by atoms with E-state index < -0.39 is 17.5 Å². The van der Waals surface area contributed by atoms with E-state index in [1.165, 1.54) is 12.1 Å². The summed E-state index contributed by atoms with van der Waals surface area (Å²) in [6, 6.07) is 13.5. The van der Waals surface area contributed by atoms with Gasteiger partial charge in [-0.2, -0.15) is 0 Å². The summed E-state index contributed by atoms with van der Waals surface area (Å²) >= 11 is 0. The zero-order valence-electron chi connectivity index (χ0n) is 17.0. The van der Waals surface area contributed by atoms with Crippen LogP contribution in [0.15, 0.2) is 48.5 Å². The Labute approximate surface area is 169 Å². The predicted molar refractivity (Wildman–Crippen MR) is 110 cm³/mol. The monoisotopic (exact) mass is 399 g/mol. The fourth-order valence-corrected chi connectivity index (χ4v) is 2.81. The highest BCUT2D eigenvalue weighted by atomic mass is 16.6. The topological polar surface area (TPSA) is 93.0 Å². The third kappa shape index (κ3) is 5.78. The largest absolute Gasteiger partial charge is 0.452 e. The number of carbonyl (C=O) groups excluding carboxylic acids is 2. The number of hydrogen-bond donors (Lipinski definition) is 0. The lowest BCUT2D eigenvalue weighted by atomic mass is 10.1. The Hall–Kier alpha value is -3.42. The Balaban J connectivity index is 2.07. The first kappa shape index (κ1) is 21.9. The average molecular weight is 399 g/mol. The van der Waals surface area contributed by atoms with Gasteiger partial charge in [0.25, 0.3) is 11.6 Å². The van der Waals surface area contributed by atoms with Crippen molar-refractivity contribution in [2.75, 3.05) is 25.6 Å². The third-order valence-electron chi connectivity index (χ3n) is 4.36. The summed E-state index contributed by atoms with van der Waals surface area (Å²) in [5, 5.41) is 11.3. The molecule has 0 aromatic heterocycles. The molecule has 2 rings (SSSR count). The van der Waals surface area contributed by atoms with Gasteiger partial charge >= 0.3 is 5.97 Å². The number of rotatable bonds is 8. The number of amides is 1. The molecule has 0 saturated carbocycles. The Morgan fingerprint density at radius 3 is 2.31 bits per heavy atom. The second-order valence-electron chi connectivity index (χ2n) is 7.03. The van der Waals surface area contributed by atoms with Crippen molar-refractivity contribution in [1.29, 1.82) is 0 Å². The Kier molecular flexibility index (Phi) is 7.30. The Morgan fingerprint density at radius 2 is 1.76 bits per heavy atom. The molecule has 0 heterocycles. The van der Waals surface area contributed by atoms with Gasteiger partial charge in [-0.3, -0.25) is 14.9 Å². The molecular formula is C21H25N3O5. The molecule has 0 bridgehead atoms. The van der Waals surface area contributed by atoms with Crippen molar-refractivity contribution in [2.24, 2.45) is 0 Å².